The molecule has 0 fully saturated rings. The average Bonchev–Trinajstić information content (AvgIpc) is 2.34. The van der Waals surface area contributed by atoms with Crippen molar-refractivity contribution in [2.75, 3.05) is 25.5 Å². The maximum atomic E-state index is 10.9. The Morgan fingerprint density at radius 1 is 1.35 bits per heavy atom. The van der Waals surface area contributed by atoms with E-state index >= 15 is 0 Å². The summed E-state index contributed by atoms with van der Waals surface area (Å²) < 4.78 is 0. The lowest BCUT2D eigenvalue weighted by Gasteiger charge is -2.20. The molecular weight excluding hydrogens is 258 g/mol. The maximum absolute atomic E-state index is 10.9. The average molecular weight is 279 g/mol. The minimum atomic E-state index is -0.0603. The topological polar surface area (TPSA) is 60.8 Å². The highest BCUT2D eigenvalue weighted by Gasteiger charge is 2.10. The van der Waals surface area contributed by atoms with Crippen LogP contribution in [0.2, 0.25) is 0 Å². The van der Waals surface area contributed by atoms with Crippen LogP contribution in [0.25, 0.3) is 0 Å². The van der Waals surface area contributed by atoms with Crippen LogP contribution in [0.3, 0.4) is 0 Å². The molecule has 0 radical (unpaired) electrons. The van der Waals surface area contributed by atoms with Crippen LogP contribution in [0.5, 0.6) is 0 Å². The lowest BCUT2D eigenvalue weighted by molar-refractivity contribution is -0.116. The third-order valence-corrected chi connectivity index (χ3v) is 4.94. The summed E-state index contributed by atoms with van der Waals surface area (Å²) >= 11 is 0. The Morgan fingerprint density at radius 2 is 2.06 bits per heavy atom. The molecular formula is C11H21NO3S2. The van der Waals surface area contributed by atoms with E-state index in [1.54, 1.807) is 21.6 Å². The first-order valence-corrected chi connectivity index (χ1v) is 7.96. The zero-order valence-corrected chi connectivity index (χ0v) is 12.0. The molecule has 0 rings (SSSR count). The van der Waals surface area contributed by atoms with Crippen molar-refractivity contribution in [2.24, 2.45) is 0 Å². The molecule has 0 bridgehead atoms. The molecule has 100 valence electrons. The Morgan fingerprint density at radius 3 is 2.53 bits per heavy atom. The van der Waals surface area contributed by atoms with E-state index in [0.717, 1.165) is 22.8 Å². The van der Waals surface area contributed by atoms with E-state index in [4.69, 9.17) is 10.2 Å². The number of rotatable bonds is 10. The fraction of sp³-hybridized carbons (Fsp3) is 0.727. The van der Waals surface area contributed by atoms with E-state index < -0.39 is 0 Å². The van der Waals surface area contributed by atoms with E-state index in [1.807, 2.05) is 6.92 Å². The quantitative estimate of drug-likeness (QED) is 0.363. The monoisotopic (exact) mass is 279 g/mol. The maximum Gasteiger partial charge on any atom is 0.213 e. The number of hydrogen-bond donors (Lipinski definition) is 2. The van der Waals surface area contributed by atoms with Gasteiger partial charge in [0.15, 0.2) is 0 Å². The zero-order valence-electron chi connectivity index (χ0n) is 10.4. The van der Waals surface area contributed by atoms with Crippen LogP contribution in [0.15, 0.2) is 10.6 Å². The van der Waals surface area contributed by atoms with Crippen LogP contribution in [0.4, 0.5) is 0 Å². The lowest BCUT2D eigenvalue weighted by Crippen LogP contribution is -2.24. The van der Waals surface area contributed by atoms with Crippen molar-refractivity contribution in [3.05, 3.63) is 10.6 Å². The van der Waals surface area contributed by atoms with Crippen LogP contribution < -0.4 is 0 Å². The predicted octanol–water partition coefficient (Wildman–Crippen LogP) is 1.84. The normalized spacial score (nSPS) is 12.2. The molecule has 0 heterocycles. The van der Waals surface area contributed by atoms with Gasteiger partial charge < -0.3 is 15.1 Å². The van der Waals surface area contributed by atoms with Crippen molar-refractivity contribution in [3.63, 3.8) is 0 Å². The Hall–Kier alpha value is -0.170. The number of allylic oxidation sites excluding steroid dienone is 1. The van der Waals surface area contributed by atoms with Crippen LogP contribution in [0, 0.1) is 0 Å². The largest absolute Gasteiger partial charge is 0.396 e. The Balaban J connectivity index is 4.61. The van der Waals surface area contributed by atoms with Crippen LogP contribution in [0.1, 0.15) is 26.7 Å². The molecule has 4 nitrogen and oxygen atoms in total. The first kappa shape index (κ1) is 16.8. The van der Waals surface area contributed by atoms with Gasteiger partial charge in [0, 0.05) is 35.9 Å². The van der Waals surface area contributed by atoms with Crippen molar-refractivity contribution in [1.29, 1.82) is 0 Å². The van der Waals surface area contributed by atoms with Crippen molar-refractivity contribution < 1.29 is 15.0 Å². The van der Waals surface area contributed by atoms with Crippen LogP contribution >= 0.6 is 21.6 Å². The molecule has 0 saturated carbocycles. The molecule has 0 aliphatic heterocycles. The number of aliphatic hydroxyl groups is 2. The number of amides is 1. The molecule has 1 amide bonds. The van der Waals surface area contributed by atoms with Crippen molar-refractivity contribution >= 4 is 28.0 Å². The summed E-state index contributed by atoms with van der Waals surface area (Å²) in [5, 5.41) is 17.9. The molecule has 0 aliphatic carbocycles. The van der Waals surface area contributed by atoms with Gasteiger partial charge in [-0.3, -0.25) is 4.79 Å². The second-order valence-electron chi connectivity index (χ2n) is 3.41. The Labute approximate surface area is 111 Å². The minimum Gasteiger partial charge on any atom is -0.396 e. The van der Waals surface area contributed by atoms with Gasteiger partial charge in [0.2, 0.25) is 6.41 Å². The Bertz CT molecular complexity index is 247. The van der Waals surface area contributed by atoms with E-state index in [9.17, 15) is 4.79 Å². The summed E-state index contributed by atoms with van der Waals surface area (Å²) in [5.74, 6) is 1.04. The lowest BCUT2D eigenvalue weighted by atomic mass is 10.3. The predicted molar refractivity (Wildman–Crippen MR) is 74.6 cm³/mol. The van der Waals surface area contributed by atoms with Crippen LogP contribution in [-0.2, 0) is 4.79 Å². The first-order chi connectivity index (χ1) is 8.21. The van der Waals surface area contributed by atoms with Crippen molar-refractivity contribution in [3.8, 4) is 0 Å². The highest BCUT2D eigenvalue weighted by molar-refractivity contribution is 8.78. The summed E-state index contributed by atoms with van der Waals surface area (Å²) in [7, 11) is 3.32. The van der Waals surface area contributed by atoms with Crippen LogP contribution in [-0.4, -0.2) is 47.0 Å². The minimum absolute atomic E-state index is 0.0603. The molecule has 0 spiro atoms. The van der Waals surface area contributed by atoms with Gasteiger partial charge in [0.1, 0.15) is 0 Å². The van der Waals surface area contributed by atoms with E-state index in [2.05, 4.69) is 6.92 Å². The smallest absolute Gasteiger partial charge is 0.213 e. The fourth-order valence-electron chi connectivity index (χ4n) is 1.15. The summed E-state index contributed by atoms with van der Waals surface area (Å²) in [4.78, 5) is 13.3. The number of nitrogens with zero attached hydrogens (tertiary/aromatic N) is 1. The van der Waals surface area contributed by atoms with Gasteiger partial charge in [-0.2, -0.15) is 0 Å². The molecule has 0 aromatic rings. The van der Waals surface area contributed by atoms with Gasteiger partial charge in [-0.25, -0.2) is 0 Å². The number of hydrogen-bond acceptors (Lipinski definition) is 5. The molecule has 0 saturated heterocycles. The van der Waals surface area contributed by atoms with Gasteiger partial charge in [-0.05, 0) is 13.3 Å². The van der Waals surface area contributed by atoms with Gasteiger partial charge in [0.25, 0.3) is 0 Å². The summed E-state index contributed by atoms with van der Waals surface area (Å²) in [6.45, 7) is 4.25. The van der Waals surface area contributed by atoms with Gasteiger partial charge >= 0.3 is 0 Å². The third-order valence-electron chi connectivity index (χ3n) is 2.09. The molecule has 0 aromatic heterocycles. The third kappa shape index (κ3) is 6.98. The standard InChI is InChI=1S/C11H21NO3S2/c1-3-8-16-17-11(4-6-13)10(2)12(9-15)5-7-14/h9,13-14H,3-8H2,1-2H3. The van der Waals surface area contributed by atoms with Crippen molar-refractivity contribution in [2.45, 2.75) is 26.7 Å². The highest BCUT2D eigenvalue weighted by atomic mass is 33.1. The number of aliphatic hydroxyl groups excluding tert-OH is 2. The molecule has 6 heteroatoms. The van der Waals surface area contributed by atoms with Gasteiger partial charge in [-0.15, -0.1) is 0 Å². The molecule has 17 heavy (non-hydrogen) atoms. The summed E-state index contributed by atoms with van der Waals surface area (Å²) in [6, 6.07) is 0. The molecule has 0 atom stereocenters. The number of carbonyl (C=O) groups is 1. The van der Waals surface area contributed by atoms with Crippen molar-refractivity contribution in [1.82, 2.24) is 4.90 Å². The number of carbonyl (C=O) groups excluding carboxylic acids is 1. The molecule has 0 aromatic carbocycles. The van der Waals surface area contributed by atoms with Gasteiger partial charge in [0.05, 0.1) is 6.61 Å². The second-order valence-corrected chi connectivity index (χ2v) is 5.92. The molecule has 0 unspecified atom stereocenters. The Kier molecular flexibility index (Phi) is 10.8. The summed E-state index contributed by atoms with van der Waals surface area (Å²) in [5.41, 5.74) is 0.816. The molecule has 0 aliphatic rings. The SMILES string of the molecule is CCCSSC(CCO)=C(C)N(C=O)CCO. The zero-order chi connectivity index (χ0) is 13.1. The second kappa shape index (κ2) is 11.0. The molecule has 2 N–H and O–H groups in total. The van der Waals surface area contributed by atoms with Gasteiger partial charge in [-0.1, -0.05) is 28.5 Å². The van der Waals surface area contributed by atoms with E-state index in [-0.39, 0.29) is 13.2 Å². The highest BCUT2D eigenvalue weighted by Crippen LogP contribution is 2.35. The van der Waals surface area contributed by atoms with E-state index in [1.165, 1.54) is 4.90 Å². The fourth-order valence-corrected chi connectivity index (χ4v) is 3.74. The summed E-state index contributed by atoms with van der Waals surface area (Å²) in [6.07, 6.45) is 2.36. The van der Waals surface area contributed by atoms with E-state index in [0.29, 0.717) is 19.4 Å². The first-order valence-electron chi connectivity index (χ1n) is 5.64.